The molecule has 0 heterocycles. The first-order chi connectivity index (χ1) is 9.52. The molecule has 0 saturated carbocycles. The highest BCUT2D eigenvalue weighted by Crippen LogP contribution is 2.19. The van der Waals surface area contributed by atoms with Crippen LogP contribution in [0.3, 0.4) is 0 Å². The Kier molecular flexibility index (Phi) is 7.01. The second-order valence-electron chi connectivity index (χ2n) is 4.93. The molecule has 1 aromatic carbocycles. The molecule has 0 aliphatic rings. The molecule has 20 heavy (non-hydrogen) atoms. The van der Waals surface area contributed by atoms with Gasteiger partial charge in [0.05, 0.1) is 0 Å². The zero-order valence-electron chi connectivity index (χ0n) is 12.3. The SMILES string of the molecule is CCCNC(=O)COc1ccc(F)cc1CNC(C)C. The predicted octanol–water partition coefficient (Wildman–Crippen LogP) is 2.23. The Morgan fingerprint density at radius 1 is 1.40 bits per heavy atom. The number of halogens is 1. The number of rotatable bonds is 8. The molecule has 0 fully saturated rings. The molecule has 0 bridgehead atoms. The van der Waals surface area contributed by atoms with Gasteiger partial charge in [0.2, 0.25) is 0 Å². The predicted molar refractivity (Wildman–Crippen MR) is 77.2 cm³/mol. The summed E-state index contributed by atoms with van der Waals surface area (Å²) in [6.07, 6.45) is 0.881. The van der Waals surface area contributed by atoms with Crippen LogP contribution in [0.5, 0.6) is 5.75 Å². The topological polar surface area (TPSA) is 50.4 Å². The molecular weight excluding hydrogens is 259 g/mol. The van der Waals surface area contributed by atoms with Crippen molar-refractivity contribution in [3.05, 3.63) is 29.6 Å². The van der Waals surface area contributed by atoms with E-state index in [-0.39, 0.29) is 18.3 Å². The summed E-state index contributed by atoms with van der Waals surface area (Å²) >= 11 is 0. The van der Waals surface area contributed by atoms with E-state index in [1.807, 2.05) is 20.8 Å². The Balaban J connectivity index is 2.61. The molecule has 0 spiro atoms. The van der Waals surface area contributed by atoms with Crippen molar-refractivity contribution in [2.24, 2.45) is 0 Å². The minimum Gasteiger partial charge on any atom is -0.483 e. The minimum absolute atomic E-state index is 0.0552. The summed E-state index contributed by atoms with van der Waals surface area (Å²) in [5.41, 5.74) is 0.710. The molecule has 0 radical (unpaired) electrons. The highest BCUT2D eigenvalue weighted by molar-refractivity contribution is 5.77. The summed E-state index contributed by atoms with van der Waals surface area (Å²) in [5, 5.41) is 5.93. The molecule has 1 rings (SSSR count). The van der Waals surface area contributed by atoms with Crippen molar-refractivity contribution in [3.63, 3.8) is 0 Å². The van der Waals surface area contributed by atoms with E-state index in [4.69, 9.17) is 4.74 Å². The van der Waals surface area contributed by atoms with Crippen LogP contribution in [0, 0.1) is 5.82 Å². The largest absolute Gasteiger partial charge is 0.483 e. The zero-order chi connectivity index (χ0) is 15.0. The molecule has 1 aromatic rings. The van der Waals surface area contributed by atoms with Gasteiger partial charge in [-0.15, -0.1) is 0 Å². The minimum atomic E-state index is -0.312. The van der Waals surface area contributed by atoms with Crippen LogP contribution in [0.15, 0.2) is 18.2 Å². The summed E-state index contributed by atoms with van der Waals surface area (Å²) in [6, 6.07) is 4.60. The molecule has 2 N–H and O–H groups in total. The van der Waals surface area contributed by atoms with Gasteiger partial charge in [-0.1, -0.05) is 20.8 Å². The number of benzene rings is 1. The van der Waals surface area contributed by atoms with Crippen molar-refractivity contribution in [2.45, 2.75) is 39.8 Å². The van der Waals surface area contributed by atoms with Crippen molar-refractivity contribution >= 4 is 5.91 Å². The van der Waals surface area contributed by atoms with Crippen molar-refractivity contribution in [2.75, 3.05) is 13.2 Å². The molecular formula is C15H23FN2O2. The Bertz CT molecular complexity index is 436. The van der Waals surface area contributed by atoms with E-state index >= 15 is 0 Å². The van der Waals surface area contributed by atoms with E-state index in [0.29, 0.717) is 30.4 Å². The molecule has 112 valence electrons. The van der Waals surface area contributed by atoms with Gasteiger partial charge in [-0.2, -0.15) is 0 Å². The molecule has 5 heteroatoms. The number of carbonyl (C=O) groups is 1. The highest BCUT2D eigenvalue weighted by Gasteiger charge is 2.08. The van der Waals surface area contributed by atoms with E-state index in [0.717, 1.165) is 6.42 Å². The highest BCUT2D eigenvalue weighted by atomic mass is 19.1. The normalized spacial score (nSPS) is 10.7. The van der Waals surface area contributed by atoms with Crippen molar-refractivity contribution < 1.29 is 13.9 Å². The maximum absolute atomic E-state index is 13.3. The third kappa shape index (κ3) is 6.02. The van der Waals surface area contributed by atoms with E-state index in [9.17, 15) is 9.18 Å². The van der Waals surface area contributed by atoms with Gasteiger partial charge in [-0.3, -0.25) is 4.79 Å². The van der Waals surface area contributed by atoms with Crippen LogP contribution in [0.2, 0.25) is 0 Å². The monoisotopic (exact) mass is 282 g/mol. The van der Waals surface area contributed by atoms with Crippen molar-refractivity contribution in [1.82, 2.24) is 10.6 Å². The Labute approximate surface area is 119 Å². The van der Waals surface area contributed by atoms with Crippen LogP contribution < -0.4 is 15.4 Å². The summed E-state index contributed by atoms with van der Waals surface area (Å²) in [5.74, 6) is 0.0542. The number of amides is 1. The fraction of sp³-hybridized carbons (Fsp3) is 0.533. The van der Waals surface area contributed by atoms with E-state index < -0.39 is 0 Å². The summed E-state index contributed by atoms with van der Waals surface area (Å²) in [7, 11) is 0. The Morgan fingerprint density at radius 3 is 2.80 bits per heavy atom. The van der Waals surface area contributed by atoms with E-state index in [1.165, 1.54) is 12.1 Å². The lowest BCUT2D eigenvalue weighted by Crippen LogP contribution is -2.29. The van der Waals surface area contributed by atoms with Crippen LogP contribution in [0.25, 0.3) is 0 Å². The average Bonchev–Trinajstić information content (AvgIpc) is 2.41. The zero-order valence-corrected chi connectivity index (χ0v) is 12.3. The van der Waals surface area contributed by atoms with Crippen LogP contribution >= 0.6 is 0 Å². The Morgan fingerprint density at radius 2 is 2.15 bits per heavy atom. The molecule has 4 nitrogen and oxygen atoms in total. The number of nitrogens with one attached hydrogen (secondary N) is 2. The second-order valence-corrected chi connectivity index (χ2v) is 4.93. The van der Waals surface area contributed by atoms with Crippen LogP contribution in [0.4, 0.5) is 4.39 Å². The maximum atomic E-state index is 13.3. The standard InChI is InChI=1S/C15H23FN2O2/c1-4-7-17-15(19)10-20-14-6-5-13(16)8-12(14)9-18-11(2)3/h5-6,8,11,18H,4,7,9-10H2,1-3H3,(H,17,19). The fourth-order valence-corrected chi connectivity index (χ4v) is 1.60. The summed E-state index contributed by atoms with van der Waals surface area (Å²) < 4.78 is 18.7. The number of ether oxygens (including phenoxy) is 1. The summed E-state index contributed by atoms with van der Waals surface area (Å²) in [4.78, 5) is 11.5. The number of hydrogen-bond donors (Lipinski definition) is 2. The van der Waals surface area contributed by atoms with E-state index in [2.05, 4.69) is 10.6 Å². The molecule has 1 amide bonds. The van der Waals surface area contributed by atoms with Gasteiger partial charge in [-0.05, 0) is 24.6 Å². The molecule has 0 aromatic heterocycles. The Hall–Kier alpha value is -1.62. The van der Waals surface area contributed by atoms with Crippen LogP contribution in [-0.4, -0.2) is 25.1 Å². The molecule has 0 unspecified atom stereocenters. The lowest BCUT2D eigenvalue weighted by molar-refractivity contribution is -0.123. The van der Waals surface area contributed by atoms with Gasteiger partial charge in [0, 0.05) is 24.7 Å². The first-order valence-corrected chi connectivity index (χ1v) is 6.94. The second kappa shape index (κ2) is 8.53. The quantitative estimate of drug-likeness (QED) is 0.769. The number of hydrogen-bond acceptors (Lipinski definition) is 3. The molecule has 0 saturated heterocycles. The molecule has 0 aliphatic carbocycles. The third-order valence-corrected chi connectivity index (χ3v) is 2.65. The summed E-state index contributed by atoms with van der Waals surface area (Å²) in [6.45, 7) is 7.09. The first kappa shape index (κ1) is 16.4. The van der Waals surface area contributed by atoms with Crippen LogP contribution in [-0.2, 0) is 11.3 Å². The smallest absolute Gasteiger partial charge is 0.257 e. The fourth-order valence-electron chi connectivity index (χ4n) is 1.60. The molecule has 0 atom stereocenters. The van der Waals surface area contributed by atoms with Gasteiger partial charge in [0.25, 0.3) is 5.91 Å². The van der Waals surface area contributed by atoms with Gasteiger partial charge >= 0.3 is 0 Å². The lowest BCUT2D eigenvalue weighted by atomic mass is 10.2. The molecule has 0 aliphatic heterocycles. The van der Waals surface area contributed by atoms with Gasteiger partial charge in [0.1, 0.15) is 11.6 Å². The average molecular weight is 282 g/mol. The lowest BCUT2D eigenvalue weighted by Gasteiger charge is -2.14. The van der Waals surface area contributed by atoms with Crippen LogP contribution in [0.1, 0.15) is 32.8 Å². The first-order valence-electron chi connectivity index (χ1n) is 6.94. The maximum Gasteiger partial charge on any atom is 0.257 e. The van der Waals surface area contributed by atoms with E-state index in [1.54, 1.807) is 6.07 Å². The van der Waals surface area contributed by atoms with Crippen molar-refractivity contribution in [1.29, 1.82) is 0 Å². The van der Waals surface area contributed by atoms with Gasteiger partial charge in [0.15, 0.2) is 6.61 Å². The third-order valence-electron chi connectivity index (χ3n) is 2.65. The van der Waals surface area contributed by atoms with Crippen molar-refractivity contribution in [3.8, 4) is 5.75 Å². The number of carbonyl (C=O) groups excluding carboxylic acids is 1. The van der Waals surface area contributed by atoms with Gasteiger partial charge < -0.3 is 15.4 Å². The van der Waals surface area contributed by atoms with Gasteiger partial charge in [-0.25, -0.2) is 4.39 Å².